The molecule has 1 N–H and O–H groups in total. The second-order valence-electron chi connectivity index (χ2n) is 3.60. The maximum Gasteiger partial charge on any atom is 0.225 e. The van der Waals surface area contributed by atoms with Crippen LogP contribution in [0.1, 0.15) is 5.69 Å². The van der Waals surface area contributed by atoms with Crippen LogP contribution in [0.15, 0.2) is 24.3 Å². The maximum absolute atomic E-state index is 13.2. The molecule has 18 heavy (non-hydrogen) atoms. The second kappa shape index (κ2) is 5.18. The number of aryl methyl sites for hydroxylation is 1. The van der Waals surface area contributed by atoms with Gasteiger partial charge >= 0.3 is 0 Å². The van der Waals surface area contributed by atoms with Crippen LogP contribution < -0.4 is 10.1 Å². The normalized spacial score (nSPS) is 10.2. The van der Waals surface area contributed by atoms with E-state index in [1.54, 1.807) is 19.2 Å². The minimum atomic E-state index is -0.534. The molecule has 0 radical (unpaired) electrons. The van der Waals surface area contributed by atoms with E-state index >= 15 is 0 Å². The van der Waals surface area contributed by atoms with Crippen molar-refractivity contribution in [3.63, 3.8) is 0 Å². The van der Waals surface area contributed by atoms with E-state index in [1.807, 2.05) is 6.92 Å². The summed E-state index contributed by atoms with van der Waals surface area (Å²) in [4.78, 5) is 8.23. The SMILES string of the molecule is CNc1nc(C)cc(Oc2ccc(Cl)c(F)c2)n1. The van der Waals surface area contributed by atoms with Crippen molar-refractivity contribution in [2.75, 3.05) is 12.4 Å². The van der Waals surface area contributed by atoms with Gasteiger partial charge in [-0.05, 0) is 19.1 Å². The predicted molar refractivity (Wildman–Crippen MR) is 67.8 cm³/mol. The number of aromatic nitrogens is 2. The molecule has 0 saturated heterocycles. The number of benzene rings is 1. The summed E-state index contributed by atoms with van der Waals surface area (Å²) in [6.45, 7) is 1.82. The van der Waals surface area contributed by atoms with Crippen molar-refractivity contribution >= 4 is 17.5 Å². The smallest absolute Gasteiger partial charge is 0.225 e. The lowest BCUT2D eigenvalue weighted by molar-refractivity contribution is 0.457. The van der Waals surface area contributed by atoms with Crippen LogP contribution in [0.4, 0.5) is 10.3 Å². The van der Waals surface area contributed by atoms with Crippen LogP contribution >= 0.6 is 11.6 Å². The predicted octanol–water partition coefficient (Wildman–Crippen LogP) is 3.41. The van der Waals surface area contributed by atoms with Gasteiger partial charge in [-0.25, -0.2) is 9.37 Å². The van der Waals surface area contributed by atoms with E-state index in [-0.39, 0.29) is 5.02 Å². The van der Waals surface area contributed by atoms with E-state index < -0.39 is 5.82 Å². The molecule has 1 aromatic carbocycles. The first-order valence-electron chi connectivity index (χ1n) is 5.25. The zero-order chi connectivity index (χ0) is 13.1. The summed E-state index contributed by atoms with van der Waals surface area (Å²) in [6, 6.07) is 5.87. The molecular formula is C12H11ClFN3O. The number of hydrogen-bond acceptors (Lipinski definition) is 4. The highest BCUT2D eigenvalue weighted by Crippen LogP contribution is 2.25. The monoisotopic (exact) mass is 267 g/mol. The number of hydrogen-bond donors (Lipinski definition) is 1. The molecule has 94 valence electrons. The Bertz CT molecular complexity index is 577. The fraction of sp³-hybridized carbons (Fsp3) is 0.167. The third-order valence-electron chi connectivity index (χ3n) is 2.17. The topological polar surface area (TPSA) is 47.0 Å². The second-order valence-corrected chi connectivity index (χ2v) is 4.01. The van der Waals surface area contributed by atoms with Gasteiger partial charge in [-0.15, -0.1) is 0 Å². The molecule has 0 atom stereocenters. The molecule has 0 amide bonds. The van der Waals surface area contributed by atoms with E-state index in [2.05, 4.69) is 15.3 Å². The molecule has 0 saturated carbocycles. The molecule has 0 aliphatic rings. The van der Waals surface area contributed by atoms with E-state index in [9.17, 15) is 4.39 Å². The molecule has 2 aromatic rings. The van der Waals surface area contributed by atoms with Crippen LogP contribution in [0.5, 0.6) is 11.6 Å². The van der Waals surface area contributed by atoms with Gasteiger partial charge in [0.15, 0.2) is 0 Å². The summed E-state index contributed by atoms with van der Waals surface area (Å²) in [5.41, 5.74) is 0.749. The van der Waals surface area contributed by atoms with Gasteiger partial charge < -0.3 is 10.1 Å². The van der Waals surface area contributed by atoms with Crippen molar-refractivity contribution < 1.29 is 9.13 Å². The molecule has 0 aliphatic carbocycles. The zero-order valence-corrected chi connectivity index (χ0v) is 10.6. The number of ether oxygens (including phenoxy) is 1. The molecule has 0 unspecified atom stereocenters. The highest BCUT2D eigenvalue weighted by atomic mass is 35.5. The first kappa shape index (κ1) is 12.6. The largest absolute Gasteiger partial charge is 0.439 e. The average Bonchev–Trinajstić information content (AvgIpc) is 2.33. The summed E-state index contributed by atoms with van der Waals surface area (Å²) in [6.07, 6.45) is 0. The summed E-state index contributed by atoms with van der Waals surface area (Å²) < 4.78 is 18.7. The third kappa shape index (κ3) is 2.87. The van der Waals surface area contributed by atoms with Gasteiger partial charge in [-0.1, -0.05) is 11.6 Å². The molecule has 0 aliphatic heterocycles. The number of nitrogens with zero attached hydrogens (tertiary/aromatic N) is 2. The van der Waals surface area contributed by atoms with Gasteiger partial charge in [-0.2, -0.15) is 4.98 Å². The highest BCUT2D eigenvalue weighted by molar-refractivity contribution is 6.30. The van der Waals surface area contributed by atoms with Crippen molar-refractivity contribution in [1.29, 1.82) is 0 Å². The molecular weight excluding hydrogens is 257 g/mol. The maximum atomic E-state index is 13.2. The molecule has 1 aromatic heterocycles. The van der Waals surface area contributed by atoms with Gasteiger partial charge in [0.2, 0.25) is 11.8 Å². The Morgan fingerprint density at radius 3 is 2.72 bits per heavy atom. The minimum Gasteiger partial charge on any atom is -0.439 e. The fourth-order valence-electron chi connectivity index (χ4n) is 1.36. The van der Waals surface area contributed by atoms with Crippen molar-refractivity contribution in [2.45, 2.75) is 6.92 Å². The lowest BCUT2D eigenvalue weighted by Crippen LogP contribution is -1.99. The summed E-state index contributed by atoms with van der Waals surface area (Å²) in [7, 11) is 1.71. The average molecular weight is 268 g/mol. The molecule has 1 heterocycles. The van der Waals surface area contributed by atoms with Crippen molar-refractivity contribution in [3.05, 3.63) is 40.8 Å². The summed E-state index contributed by atoms with van der Waals surface area (Å²) in [5.74, 6) is 0.582. The quantitative estimate of drug-likeness (QED) is 0.926. The Morgan fingerprint density at radius 1 is 1.28 bits per heavy atom. The molecule has 0 bridgehead atoms. The molecule has 0 spiro atoms. The highest BCUT2D eigenvalue weighted by Gasteiger charge is 2.06. The number of rotatable bonds is 3. The Hall–Kier alpha value is -1.88. The van der Waals surface area contributed by atoms with E-state index in [1.165, 1.54) is 12.1 Å². The Balaban J connectivity index is 2.27. The third-order valence-corrected chi connectivity index (χ3v) is 2.47. The lowest BCUT2D eigenvalue weighted by atomic mass is 10.3. The molecule has 6 heteroatoms. The van der Waals surface area contributed by atoms with Gasteiger partial charge in [0, 0.05) is 24.9 Å². The van der Waals surface area contributed by atoms with Crippen LogP contribution in [-0.2, 0) is 0 Å². The van der Waals surface area contributed by atoms with Crippen LogP contribution in [0.3, 0.4) is 0 Å². The number of halogens is 2. The van der Waals surface area contributed by atoms with E-state index in [4.69, 9.17) is 16.3 Å². The molecule has 4 nitrogen and oxygen atoms in total. The standard InChI is InChI=1S/C12H11ClFN3O/c1-7-5-11(17-12(15-2)16-7)18-8-3-4-9(13)10(14)6-8/h3-6H,1-2H3,(H,15,16,17). The Kier molecular flexibility index (Phi) is 3.62. The van der Waals surface area contributed by atoms with Gasteiger partial charge in [0.1, 0.15) is 11.6 Å². The van der Waals surface area contributed by atoms with Crippen molar-refractivity contribution in [1.82, 2.24) is 9.97 Å². The van der Waals surface area contributed by atoms with Crippen LogP contribution in [0, 0.1) is 12.7 Å². The minimum absolute atomic E-state index is 0.0529. The van der Waals surface area contributed by atoms with Gasteiger partial charge in [-0.3, -0.25) is 0 Å². The first-order valence-corrected chi connectivity index (χ1v) is 5.62. The van der Waals surface area contributed by atoms with Crippen LogP contribution in [-0.4, -0.2) is 17.0 Å². The Labute approximate surface area is 109 Å². The van der Waals surface area contributed by atoms with Crippen molar-refractivity contribution in [3.8, 4) is 11.6 Å². The number of nitrogens with one attached hydrogen (secondary N) is 1. The van der Waals surface area contributed by atoms with Crippen LogP contribution in [0.25, 0.3) is 0 Å². The lowest BCUT2D eigenvalue weighted by Gasteiger charge is -2.07. The summed E-state index contributed by atoms with van der Waals surface area (Å²) >= 11 is 5.59. The fourth-order valence-corrected chi connectivity index (χ4v) is 1.48. The summed E-state index contributed by atoms with van der Waals surface area (Å²) in [5, 5.41) is 2.87. The van der Waals surface area contributed by atoms with E-state index in [0.717, 1.165) is 5.69 Å². The van der Waals surface area contributed by atoms with E-state index in [0.29, 0.717) is 17.6 Å². The van der Waals surface area contributed by atoms with Crippen LogP contribution in [0.2, 0.25) is 5.02 Å². The molecule has 2 rings (SSSR count). The Morgan fingerprint density at radius 2 is 2.06 bits per heavy atom. The van der Waals surface area contributed by atoms with Gasteiger partial charge in [0.05, 0.1) is 5.02 Å². The van der Waals surface area contributed by atoms with Gasteiger partial charge in [0.25, 0.3) is 0 Å². The molecule has 0 fully saturated rings. The number of anilines is 1. The zero-order valence-electron chi connectivity index (χ0n) is 9.87. The van der Waals surface area contributed by atoms with Crippen molar-refractivity contribution in [2.24, 2.45) is 0 Å². The first-order chi connectivity index (χ1) is 8.58.